The van der Waals surface area contributed by atoms with Gasteiger partial charge in [-0.3, -0.25) is 14.5 Å². The number of amides is 1. The number of nitrogens with one attached hydrogen (secondary N) is 1. The molecule has 2 aromatic rings. The van der Waals surface area contributed by atoms with Crippen LogP contribution in [0.15, 0.2) is 36.4 Å². The molecular weight excluding hydrogens is 392 g/mol. The van der Waals surface area contributed by atoms with E-state index in [0.717, 1.165) is 11.9 Å². The third-order valence-electron chi connectivity index (χ3n) is 6.66. The van der Waals surface area contributed by atoms with E-state index >= 15 is 0 Å². The lowest BCUT2D eigenvalue weighted by atomic mass is 9.89. The zero-order valence-corrected chi connectivity index (χ0v) is 18.2. The fraction of sp³-hybridized carbons (Fsp3) is 0.520. The van der Waals surface area contributed by atoms with Crippen LogP contribution in [0.25, 0.3) is 10.8 Å². The molecule has 0 unspecified atom stereocenters. The molecule has 6 heteroatoms. The third-order valence-corrected chi connectivity index (χ3v) is 6.66. The number of ether oxygens (including phenoxy) is 1. The second-order valence-electron chi connectivity index (χ2n) is 8.81. The molecule has 1 saturated heterocycles. The Bertz CT molecular complexity index is 938. The number of phenolic OH excluding ortho intramolecular Hbond substituents is 1. The summed E-state index contributed by atoms with van der Waals surface area (Å²) in [5, 5.41) is 15.2. The molecule has 1 heterocycles. The van der Waals surface area contributed by atoms with Crippen LogP contribution in [0.4, 0.5) is 0 Å². The number of carbonyl (C=O) groups excluding carboxylic acids is 2. The van der Waals surface area contributed by atoms with Crippen LogP contribution in [0.3, 0.4) is 0 Å². The van der Waals surface area contributed by atoms with Crippen molar-refractivity contribution in [1.29, 1.82) is 0 Å². The smallest absolute Gasteiger partial charge is 0.323 e. The van der Waals surface area contributed by atoms with Crippen LogP contribution in [-0.2, 0) is 9.53 Å². The molecule has 0 bridgehead atoms. The summed E-state index contributed by atoms with van der Waals surface area (Å²) in [6, 6.07) is 10.5. The molecule has 6 nitrogen and oxygen atoms in total. The van der Waals surface area contributed by atoms with Gasteiger partial charge in [0, 0.05) is 24.5 Å². The van der Waals surface area contributed by atoms with E-state index < -0.39 is 0 Å². The summed E-state index contributed by atoms with van der Waals surface area (Å²) in [5.74, 6) is 0.0817. The fourth-order valence-electron chi connectivity index (χ4n) is 5.10. The Morgan fingerprint density at radius 1 is 1.13 bits per heavy atom. The van der Waals surface area contributed by atoms with E-state index in [9.17, 15) is 14.7 Å². The number of nitrogens with zero attached hydrogens (tertiary/aromatic N) is 1. The summed E-state index contributed by atoms with van der Waals surface area (Å²) in [5.41, 5.74) is 0.261. The molecule has 4 rings (SSSR count). The first-order chi connectivity index (χ1) is 15.1. The summed E-state index contributed by atoms with van der Waals surface area (Å²) < 4.78 is 5.32. The van der Waals surface area contributed by atoms with Gasteiger partial charge in [0.25, 0.3) is 5.91 Å². The van der Waals surface area contributed by atoms with Crippen molar-refractivity contribution in [1.82, 2.24) is 10.2 Å². The highest BCUT2D eigenvalue weighted by Crippen LogP contribution is 2.30. The van der Waals surface area contributed by atoms with Gasteiger partial charge in [-0.2, -0.15) is 0 Å². The molecule has 0 aromatic heterocycles. The van der Waals surface area contributed by atoms with E-state index in [1.807, 2.05) is 31.2 Å². The van der Waals surface area contributed by atoms with E-state index in [-0.39, 0.29) is 35.3 Å². The van der Waals surface area contributed by atoms with Gasteiger partial charge < -0.3 is 15.2 Å². The lowest BCUT2D eigenvalue weighted by Gasteiger charge is -2.29. The monoisotopic (exact) mass is 424 g/mol. The van der Waals surface area contributed by atoms with Gasteiger partial charge in [-0.05, 0) is 43.6 Å². The number of fused-ring (bicyclic) bond motifs is 1. The number of esters is 1. The number of hydrogen-bond donors (Lipinski definition) is 2. The molecule has 31 heavy (non-hydrogen) atoms. The molecule has 2 N–H and O–H groups in total. The fourth-order valence-corrected chi connectivity index (χ4v) is 5.10. The molecule has 1 aliphatic heterocycles. The van der Waals surface area contributed by atoms with Gasteiger partial charge in [-0.25, -0.2) is 0 Å². The SMILES string of the molecule is CCOC(=O)[C@@H]1C[C@H](NC(=O)c2ccc3ccccc3c2O)CN1CC1CCCCC1. The molecule has 1 amide bonds. The second kappa shape index (κ2) is 9.69. The van der Waals surface area contributed by atoms with Crippen molar-refractivity contribution < 1.29 is 19.4 Å². The Morgan fingerprint density at radius 3 is 2.68 bits per heavy atom. The predicted molar refractivity (Wildman–Crippen MR) is 120 cm³/mol. The zero-order valence-electron chi connectivity index (χ0n) is 18.2. The molecule has 1 saturated carbocycles. The Kier molecular flexibility index (Phi) is 6.76. The molecule has 2 aliphatic rings. The molecule has 0 spiro atoms. The van der Waals surface area contributed by atoms with E-state index in [1.54, 1.807) is 12.1 Å². The lowest BCUT2D eigenvalue weighted by Crippen LogP contribution is -2.41. The van der Waals surface area contributed by atoms with Gasteiger partial charge in [0.15, 0.2) is 0 Å². The van der Waals surface area contributed by atoms with Crippen molar-refractivity contribution >= 4 is 22.6 Å². The largest absolute Gasteiger partial charge is 0.506 e. The van der Waals surface area contributed by atoms with Crippen LogP contribution in [0, 0.1) is 5.92 Å². The Morgan fingerprint density at radius 2 is 1.90 bits per heavy atom. The van der Waals surface area contributed by atoms with E-state index in [1.165, 1.54) is 32.1 Å². The highest BCUT2D eigenvalue weighted by molar-refractivity contribution is 6.03. The summed E-state index contributed by atoms with van der Waals surface area (Å²) >= 11 is 0. The van der Waals surface area contributed by atoms with Crippen LogP contribution in [0.5, 0.6) is 5.75 Å². The van der Waals surface area contributed by atoms with Crippen molar-refractivity contribution in [2.24, 2.45) is 5.92 Å². The van der Waals surface area contributed by atoms with Crippen molar-refractivity contribution in [2.45, 2.75) is 57.5 Å². The summed E-state index contributed by atoms with van der Waals surface area (Å²) in [7, 11) is 0. The van der Waals surface area contributed by atoms with Crippen LogP contribution in [0.2, 0.25) is 0 Å². The van der Waals surface area contributed by atoms with Gasteiger partial charge in [-0.15, -0.1) is 0 Å². The van der Waals surface area contributed by atoms with Crippen molar-refractivity contribution in [3.05, 3.63) is 42.0 Å². The van der Waals surface area contributed by atoms with Gasteiger partial charge in [0.2, 0.25) is 0 Å². The van der Waals surface area contributed by atoms with Crippen LogP contribution >= 0.6 is 0 Å². The topological polar surface area (TPSA) is 78.9 Å². The molecule has 166 valence electrons. The first-order valence-corrected chi connectivity index (χ1v) is 11.5. The van der Waals surface area contributed by atoms with E-state index in [0.29, 0.717) is 30.9 Å². The van der Waals surface area contributed by atoms with Crippen LogP contribution < -0.4 is 5.32 Å². The number of rotatable bonds is 6. The normalized spacial score (nSPS) is 22.5. The van der Waals surface area contributed by atoms with E-state index in [2.05, 4.69) is 10.2 Å². The molecule has 2 fully saturated rings. The number of likely N-dealkylation sites (tertiary alicyclic amines) is 1. The van der Waals surface area contributed by atoms with Crippen molar-refractivity contribution in [2.75, 3.05) is 19.7 Å². The number of hydrogen-bond acceptors (Lipinski definition) is 5. The molecule has 1 aliphatic carbocycles. The van der Waals surface area contributed by atoms with Gasteiger partial charge in [-0.1, -0.05) is 49.6 Å². The minimum absolute atomic E-state index is 0.00500. The van der Waals surface area contributed by atoms with Crippen molar-refractivity contribution in [3.8, 4) is 5.75 Å². The molecular formula is C25H32N2O4. The molecule has 0 radical (unpaired) electrons. The third kappa shape index (κ3) is 4.85. The van der Waals surface area contributed by atoms with Crippen LogP contribution in [0.1, 0.15) is 55.8 Å². The van der Waals surface area contributed by atoms with Gasteiger partial charge >= 0.3 is 5.97 Å². The standard InChI is InChI=1S/C25H32N2O4/c1-2-31-25(30)22-14-19(16-27(22)15-17-8-4-3-5-9-17)26-24(29)21-13-12-18-10-6-7-11-20(18)23(21)28/h6-7,10-13,17,19,22,28H,2-5,8-9,14-16H2,1H3,(H,26,29)/t19-,22-/m0/s1. The Balaban J connectivity index is 1.46. The maximum absolute atomic E-state index is 13.0. The number of carbonyl (C=O) groups is 2. The summed E-state index contributed by atoms with van der Waals surface area (Å²) in [6.07, 6.45) is 6.74. The second-order valence-corrected chi connectivity index (χ2v) is 8.81. The highest BCUT2D eigenvalue weighted by Gasteiger charge is 2.39. The number of benzene rings is 2. The number of phenols is 1. The lowest BCUT2D eigenvalue weighted by molar-refractivity contribution is -0.148. The van der Waals surface area contributed by atoms with Gasteiger partial charge in [0.1, 0.15) is 11.8 Å². The molecule has 2 atom stereocenters. The average molecular weight is 425 g/mol. The highest BCUT2D eigenvalue weighted by atomic mass is 16.5. The minimum Gasteiger partial charge on any atom is -0.506 e. The minimum atomic E-state index is -0.322. The van der Waals surface area contributed by atoms with Crippen molar-refractivity contribution in [3.63, 3.8) is 0 Å². The number of aromatic hydroxyl groups is 1. The summed E-state index contributed by atoms with van der Waals surface area (Å²) in [4.78, 5) is 27.7. The molecule has 2 aromatic carbocycles. The van der Waals surface area contributed by atoms with Crippen LogP contribution in [-0.4, -0.2) is 53.7 Å². The van der Waals surface area contributed by atoms with E-state index in [4.69, 9.17) is 4.74 Å². The quantitative estimate of drug-likeness (QED) is 0.689. The predicted octanol–water partition coefficient (Wildman–Crippen LogP) is 3.86. The Hall–Kier alpha value is -2.60. The zero-order chi connectivity index (χ0) is 21.8. The first kappa shape index (κ1) is 21.6. The Labute approximate surface area is 183 Å². The maximum atomic E-state index is 13.0. The summed E-state index contributed by atoms with van der Waals surface area (Å²) in [6.45, 7) is 3.67. The maximum Gasteiger partial charge on any atom is 0.323 e. The average Bonchev–Trinajstić information content (AvgIpc) is 3.17. The first-order valence-electron chi connectivity index (χ1n) is 11.5. The van der Waals surface area contributed by atoms with Gasteiger partial charge in [0.05, 0.1) is 12.2 Å².